The first-order valence-electron chi connectivity index (χ1n) is 10.9. The highest BCUT2D eigenvalue weighted by Crippen LogP contribution is 2.22. The van der Waals surface area contributed by atoms with Crippen molar-refractivity contribution in [3.63, 3.8) is 0 Å². The number of hydrogen-bond donors (Lipinski definition) is 1. The van der Waals surface area contributed by atoms with E-state index in [1.165, 1.54) is 0 Å². The minimum absolute atomic E-state index is 0.0295. The number of hydrogen-bond acceptors (Lipinski definition) is 4. The zero-order valence-corrected chi connectivity index (χ0v) is 18.2. The summed E-state index contributed by atoms with van der Waals surface area (Å²) in [6, 6.07) is 6.79. The molecule has 0 saturated carbocycles. The molecule has 0 spiro atoms. The summed E-state index contributed by atoms with van der Waals surface area (Å²) in [5.41, 5.74) is 1.47. The monoisotopic (exact) mass is 415 g/mol. The van der Waals surface area contributed by atoms with Crippen LogP contribution in [-0.4, -0.2) is 73.0 Å². The Labute approximate surface area is 178 Å². The average Bonchev–Trinajstić information content (AvgIpc) is 2.77. The lowest BCUT2D eigenvalue weighted by molar-refractivity contribution is -0.144. The van der Waals surface area contributed by atoms with Crippen molar-refractivity contribution in [2.75, 3.05) is 39.4 Å². The van der Waals surface area contributed by atoms with Gasteiger partial charge in [-0.15, -0.1) is 0 Å². The molecule has 0 aliphatic carbocycles. The minimum atomic E-state index is -0.580. The van der Waals surface area contributed by atoms with Crippen LogP contribution in [0.25, 0.3) is 0 Å². The van der Waals surface area contributed by atoms with Gasteiger partial charge < -0.3 is 19.9 Å². The summed E-state index contributed by atoms with van der Waals surface area (Å²) >= 11 is 0. The molecule has 2 aliphatic heterocycles. The highest BCUT2D eigenvalue weighted by atomic mass is 16.5. The summed E-state index contributed by atoms with van der Waals surface area (Å²) < 4.78 is 5.32. The van der Waals surface area contributed by atoms with Gasteiger partial charge >= 0.3 is 0 Å². The van der Waals surface area contributed by atoms with E-state index in [1.807, 2.05) is 43.9 Å². The second-order valence-corrected chi connectivity index (χ2v) is 8.55. The van der Waals surface area contributed by atoms with E-state index >= 15 is 0 Å². The van der Waals surface area contributed by atoms with E-state index in [1.54, 1.807) is 11.0 Å². The molecule has 1 unspecified atom stereocenters. The van der Waals surface area contributed by atoms with Gasteiger partial charge in [0.1, 0.15) is 6.04 Å². The number of ether oxygens (including phenoxy) is 1. The SMILES string of the molecule is Cc1ccccc1C(=O)NC(C(=O)N1CCC(C(=O)N2CCOCC2)CC1)C(C)C. The zero-order valence-electron chi connectivity index (χ0n) is 18.2. The highest BCUT2D eigenvalue weighted by Gasteiger charge is 2.34. The molecule has 0 aromatic heterocycles. The molecule has 0 radical (unpaired) electrons. The first kappa shape index (κ1) is 22.3. The number of aryl methyl sites for hydroxylation is 1. The van der Waals surface area contributed by atoms with Gasteiger partial charge in [-0.2, -0.15) is 0 Å². The summed E-state index contributed by atoms with van der Waals surface area (Å²) in [6.45, 7) is 9.35. The van der Waals surface area contributed by atoms with Crippen molar-refractivity contribution in [2.45, 2.75) is 39.7 Å². The molecule has 1 atom stereocenters. The highest BCUT2D eigenvalue weighted by molar-refractivity contribution is 5.98. The molecule has 7 heteroatoms. The molecule has 7 nitrogen and oxygen atoms in total. The molecule has 0 bridgehead atoms. The largest absolute Gasteiger partial charge is 0.378 e. The summed E-state index contributed by atoms with van der Waals surface area (Å²) in [4.78, 5) is 42.3. The van der Waals surface area contributed by atoms with Crippen LogP contribution in [0.1, 0.15) is 42.6 Å². The van der Waals surface area contributed by atoms with E-state index < -0.39 is 6.04 Å². The molecule has 1 aromatic rings. The van der Waals surface area contributed by atoms with Crippen LogP contribution in [0, 0.1) is 18.8 Å². The molecule has 164 valence electrons. The zero-order chi connectivity index (χ0) is 21.7. The Morgan fingerprint density at radius 2 is 1.63 bits per heavy atom. The van der Waals surface area contributed by atoms with Crippen LogP contribution in [0.2, 0.25) is 0 Å². The second kappa shape index (κ2) is 10.1. The maximum absolute atomic E-state index is 13.2. The topological polar surface area (TPSA) is 79.0 Å². The van der Waals surface area contributed by atoms with Crippen molar-refractivity contribution in [1.82, 2.24) is 15.1 Å². The van der Waals surface area contributed by atoms with Gasteiger partial charge in [0.15, 0.2) is 0 Å². The van der Waals surface area contributed by atoms with E-state index in [9.17, 15) is 14.4 Å². The van der Waals surface area contributed by atoms with Crippen molar-refractivity contribution in [2.24, 2.45) is 11.8 Å². The summed E-state index contributed by atoms with van der Waals surface area (Å²) in [5.74, 6) is -0.176. The van der Waals surface area contributed by atoms with E-state index in [0.717, 1.165) is 5.56 Å². The number of likely N-dealkylation sites (tertiary alicyclic amines) is 1. The van der Waals surface area contributed by atoms with Crippen LogP contribution in [0.4, 0.5) is 0 Å². The predicted molar refractivity (Wildman–Crippen MR) is 114 cm³/mol. The fourth-order valence-electron chi connectivity index (χ4n) is 4.15. The van der Waals surface area contributed by atoms with Gasteiger partial charge in [0.2, 0.25) is 11.8 Å². The number of piperidine rings is 1. The number of morpholine rings is 1. The fourth-order valence-corrected chi connectivity index (χ4v) is 4.15. The number of carbonyl (C=O) groups excluding carboxylic acids is 3. The van der Waals surface area contributed by atoms with Crippen molar-refractivity contribution < 1.29 is 19.1 Å². The maximum Gasteiger partial charge on any atom is 0.252 e. The number of carbonyl (C=O) groups is 3. The van der Waals surface area contributed by atoms with Gasteiger partial charge in [-0.1, -0.05) is 32.0 Å². The smallest absolute Gasteiger partial charge is 0.252 e. The van der Waals surface area contributed by atoms with Gasteiger partial charge in [0, 0.05) is 37.7 Å². The third kappa shape index (κ3) is 5.19. The minimum Gasteiger partial charge on any atom is -0.378 e. The third-order valence-corrected chi connectivity index (χ3v) is 6.09. The van der Waals surface area contributed by atoms with E-state index in [-0.39, 0.29) is 29.6 Å². The number of benzene rings is 1. The third-order valence-electron chi connectivity index (χ3n) is 6.09. The number of rotatable bonds is 5. The van der Waals surface area contributed by atoms with Gasteiger partial charge in [-0.25, -0.2) is 0 Å². The molecule has 30 heavy (non-hydrogen) atoms. The quantitative estimate of drug-likeness (QED) is 0.796. The van der Waals surface area contributed by atoms with Crippen molar-refractivity contribution in [1.29, 1.82) is 0 Å². The fraction of sp³-hybridized carbons (Fsp3) is 0.609. The molecule has 2 aliphatic rings. The normalized spacial score (nSPS) is 18.9. The Morgan fingerprint density at radius 3 is 2.23 bits per heavy atom. The Hall–Kier alpha value is -2.41. The molecule has 2 saturated heterocycles. The number of nitrogens with zero attached hydrogens (tertiary/aromatic N) is 2. The predicted octanol–water partition coefficient (Wildman–Crippen LogP) is 1.85. The van der Waals surface area contributed by atoms with Crippen LogP contribution in [0.15, 0.2) is 24.3 Å². The summed E-state index contributed by atoms with van der Waals surface area (Å²) in [7, 11) is 0. The van der Waals surface area contributed by atoms with E-state index in [0.29, 0.717) is 57.8 Å². The van der Waals surface area contributed by atoms with Gasteiger partial charge in [-0.3, -0.25) is 14.4 Å². The van der Waals surface area contributed by atoms with Crippen LogP contribution >= 0.6 is 0 Å². The second-order valence-electron chi connectivity index (χ2n) is 8.55. The Bertz CT molecular complexity index is 765. The average molecular weight is 416 g/mol. The van der Waals surface area contributed by atoms with E-state index in [4.69, 9.17) is 4.74 Å². The van der Waals surface area contributed by atoms with Crippen LogP contribution in [-0.2, 0) is 14.3 Å². The standard InChI is InChI=1S/C23H33N3O4/c1-16(2)20(24-21(27)19-7-5-4-6-17(19)3)23(29)25-10-8-18(9-11-25)22(28)26-12-14-30-15-13-26/h4-7,16,18,20H,8-15H2,1-3H3,(H,24,27). The maximum atomic E-state index is 13.2. The Kier molecular flexibility index (Phi) is 7.48. The van der Waals surface area contributed by atoms with Crippen molar-refractivity contribution in [3.8, 4) is 0 Å². The molecular weight excluding hydrogens is 382 g/mol. The molecule has 1 N–H and O–H groups in total. The summed E-state index contributed by atoms with van der Waals surface area (Å²) in [6.07, 6.45) is 1.33. The Morgan fingerprint density at radius 1 is 1.00 bits per heavy atom. The van der Waals surface area contributed by atoms with Gasteiger partial charge in [0.25, 0.3) is 5.91 Å². The number of nitrogens with one attached hydrogen (secondary N) is 1. The number of amides is 3. The van der Waals surface area contributed by atoms with E-state index in [2.05, 4.69) is 5.32 Å². The lowest BCUT2D eigenvalue weighted by Crippen LogP contribution is -2.54. The van der Waals surface area contributed by atoms with Crippen LogP contribution < -0.4 is 5.32 Å². The molecular formula is C23H33N3O4. The van der Waals surface area contributed by atoms with Gasteiger partial charge in [-0.05, 0) is 37.3 Å². The van der Waals surface area contributed by atoms with Crippen molar-refractivity contribution in [3.05, 3.63) is 35.4 Å². The molecule has 2 fully saturated rings. The first-order valence-corrected chi connectivity index (χ1v) is 10.9. The molecule has 3 rings (SSSR count). The summed E-state index contributed by atoms with van der Waals surface area (Å²) in [5, 5.41) is 2.94. The van der Waals surface area contributed by atoms with Gasteiger partial charge in [0.05, 0.1) is 13.2 Å². The first-order chi connectivity index (χ1) is 14.4. The van der Waals surface area contributed by atoms with Crippen molar-refractivity contribution >= 4 is 17.7 Å². The van der Waals surface area contributed by atoms with Crippen LogP contribution in [0.5, 0.6) is 0 Å². The molecule has 2 heterocycles. The molecule has 1 aromatic carbocycles. The molecule has 3 amide bonds. The Balaban J connectivity index is 1.58. The lowest BCUT2D eigenvalue weighted by atomic mass is 9.93. The van der Waals surface area contributed by atoms with Crippen LogP contribution in [0.3, 0.4) is 0 Å². The lowest BCUT2D eigenvalue weighted by Gasteiger charge is -2.37.